The van der Waals surface area contributed by atoms with Crippen LogP contribution in [0.2, 0.25) is 5.02 Å². The summed E-state index contributed by atoms with van der Waals surface area (Å²) in [5.41, 5.74) is 1.31. The average Bonchev–Trinajstić information content (AvgIpc) is 2.63. The molecule has 2 bridgehead atoms. The van der Waals surface area contributed by atoms with Crippen molar-refractivity contribution in [2.45, 2.75) is 18.9 Å². The molecule has 0 aromatic heterocycles. The van der Waals surface area contributed by atoms with Gasteiger partial charge in [-0.2, -0.15) is 0 Å². The number of rotatable bonds is 4. The van der Waals surface area contributed by atoms with Gasteiger partial charge in [0.25, 0.3) is 0 Å². The van der Waals surface area contributed by atoms with Crippen LogP contribution in [0, 0.1) is 5.92 Å². The van der Waals surface area contributed by atoms with Crippen molar-refractivity contribution in [2.24, 2.45) is 5.92 Å². The number of ketones is 1. The standard InChI is InChI=1S/C20H20ClNO2.ClH/c21-17-5-1-15(2-6-17)20(23)16-3-7-18(8-4-16)24-19-13-22-11-9-14(19)10-12-22;/h1-8,14,19H,9-13H2;1H. The minimum Gasteiger partial charge on any atom is -0.489 e. The fraction of sp³-hybridized carbons (Fsp3) is 0.350. The smallest absolute Gasteiger partial charge is 0.193 e. The van der Waals surface area contributed by atoms with E-state index in [1.807, 2.05) is 24.3 Å². The van der Waals surface area contributed by atoms with Gasteiger partial charge in [0.15, 0.2) is 5.78 Å². The van der Waals surface area contributed by atoms with Crippen molar-refractivity contribution in [1.29, 1.82) is 0 Å². The summed E-state index contributed by atoms with van der Waals surface area (Å²) in [6, 6.07) is 14.5. The minimum atomic E-state index is 0. The lowest BCUT2D eigenvalue weighted by atomic mass is 9.86. The van der Waals surface area contributed by atoms with Gasteiger partial charge < -0.3 is 4.74 Å². The van der Waals surface area contributed by atoms with E-state index in [1.54, 1.807) is 24.3 Å². The van der Waals surface area contributed by atoms with E-state index >= 15 is 0 Å². The molecule has 3 fully saturated rings. The summed E-state index contributed by atoms with van der Waals surface area (Å²) < 4.78 is 6.17. The number of piperidine rings is 3. The second kappa shape index (κ2) is 7.77. The van der Waals surface area contributed by atoms with Crippen LogP contribution in [-0.4, -0.2) is 36.4 Å². The Morgan fingerprint density at radius 2 is 1.52 bits per heavy atom. The summed E-state index contributed by atoms with van der Waals surface area (Å²) in [6.45, 7) is 3.44. The molecule has 1 atom stereocenters. The lowest BCUT2D eigenvalue weighted by molar-refractivity contribution is -0.00776. The topological polar surface area (TPSA) is 29.5 Å². The van der Waals surface area contributed by atoms with Gasteiger partial charge in [0.1, 0.15) is 11.9 Å². The van der Waals surface area contributed by atoms with E-state index in [1.165, 1.54) is 25.9 Å². The number of hydrogen-bond donors (Lipinski definition) is 0. The highest BCUT2D eigenvalue weighted by Crippen LogP contribution is 2.30. The highest BCUT2D eigenvalue weighted by atomic mass is 35.5. The highest BCUT2D eigenvalue weighted by Gasteiger charge is 2.35. The van der Waals surface area contributed by atoms with Crippen LogP contribution < -0.4 is 4.74 Å². The van der Waals surface area contributed by atoms with Crippen molar-refractivity contribution in [3.8, 4) is 5.75 Å². The van der Waals surface area contributed by atoms with Crippen LogP contribution in [-0.2, 0) is 0 Å². The minimum absolute atomic E-state index is 0. The number of nitrogens with zero attached hydrogens (tertiary/aromatic N) is 1. The summed E-state index contributed by atoms with van der Waals surface area (Å²) in [6.07, 6.45) is 2.75. The maximum absolute atomic E-state index is 12.5. The summed E-state index contributed by atoms with van der Waals surface area (Å²) in [4.78, 5) is 14.9. The lowest BCUT2D eigenvalue weighted by Crippen LogP contribution is -2.52. The number of carbonyl (C=O) groups excluding carboxylic acids is 1. The first kappa shape index (κ1) is 18.2. The van der Waals surface area contributed by atoms with Crippen LogP contribution >= 0.6 is 24.0 Å². The molecule has 25 heavy (non-hydrogen) atoms. The van der Waals surface area contributed by atoms with Crippen LogP contribution in [0.3, 0.4) is 0 Å². The third-order valence-electron chi connectivity index (χ3n) is 5.11. The summed E-state index contributed by atoms with van der Waals surface area (Å²) >= 11 is 5.87. The maximum atomic E-state index is 12.5. The van der Waals surface area contributed by atoms with Crippen LogP contribution in [0.4, 0.5) is 0 Å². The molecule has 3 heterocycles. The van der Waals surface area contributed by atoms with Crippen LogP contribution in [0.15, 0.2) is 48.5 Å². The molecule has 2 aromatic carbocycles. The van der Waals surface area contributed by atoms with E-state index < -0.39 is 0 Å². The number of fused-ring (bicyclic) bond motifs is 3. The van der Waals surface area contributed by atoms with E-state index in [0.717, 1.165) is 12.3 Å². The molecule has 1 unspecified atom stereocenters. The van der Waals surface area contributed by atoms with E-state index in [9.17, 15) is 4.79 Å². The number of ether oxygens (including phenoxy) is 1. The molecule has 0 aliphatic carbocycles. The Kier molecular flexibility index (Phi) is 5.67. The third-order valence-corrected chi connectivity index (χ3v) is 5.36. The van der Waals surface area contributed by atoms with Gasteiger partial charge in [0.05, 0.1) is 0 Å². The molecule has 5 rings (SSSR count). The molecular formula is C20H21Cl2NO2. The first-order valence-corrected chi connectivity index (χ1v) is 8.86. The molecule has 132 valence electrons. The summed E-state index contributed by atoms with van der Waals surface area (Å²) in [5.74, 6) is 1.52. The van der Waals surface area contributed by atoms with Crippen molar-refractivity contribution in [2.75, 3.05) is 19.6 Å². The fourth-order valence-electron chi connectivity index (χ4n) is 3.67. The van der Waals surface area contributed by atoms with Crippen LogP contribution in [0.1, 0.15) is 28.8 Å². The monoisotopic (exact) mass is 377 g/mol. The first-order valence-electron chi connectivity index (χ1n) is 8.48. The normalized spacial score (nSPS) is 24.4. The Bertz CT molecular complexity index is 722. The first-order chi connectivity index (χ1) is 11.7. The van der Waals surface area contributed by atoms with Gasteiger partial charge in [-0.3, -0.25) is 9.69 Å². The zero-order valence-electron chi connectivity index (χ0n) is 13.9. The predicted octanol–water partition coefficient (Wildman–Crippen LogP) is 4.47. The summed E-state index contributed by atoms with van der Waals surface area (Å²) in [5, 5.41) is 0.632. The molecule has 0 spiro atoms. The Labute approximate surface area is 159 Å². The second-order valence-corrected chi connectivity index (χ2v) is 7.09. The molecule has 0 saturated carbocycles. The lowest BCUT2D eigenvalue weighted by Gasteiger charge is -2.44. The Morgan fingerprint density at radius 3 is 2.04 bits per heavy atom. The Balaban J connectivity index is 0.00000182. The average molecular weight is 378 g/mol. The van der Waals surface area contributed by atoms with E-state index in [0.29, 0.717) is 22.1 Å². The van der Waals surface area contributed by atoms with Gasteiger partial charge in [-0.25, -0.2) is 0 Å². The van der Waals surface area contributed by atoms with Crippen molar-refractivity contribution >= 4 is 29.8 Å². The van der Waals surface area contributed by atoms with Gasteiger partial charge in [0.2, 0.25) is 0 Å². The van der Waals surface area contributed by atoms with Gasteiger partial charge in [-0.15, -0.1) is 12.4 Å². The molecule has 0 radical (unpaired) electrons. The molecule has 5 heteroatoms. The zero-order valence-corrected chi connectivity index (χ0v) is 15.4. The number of benzene rings is 2. The van der Waals surface area contributed by atoms with Crippen molar-refractivity contribution in [3.63, 3.8) is 0 Å². The molecule has 2 aromatic rings. The highest BCUT2D eigenvalue weighted by molar-refractivity contribution is 6.30. The SMILES string of the molecule is Cl.O=C(c1ccc(Cl)cc1)c1ccc(OC2CN3CCC2CC3)cc1. The molecule has 0 amide bonds. The quantitative estimate of drug-likeness (QED) is 0.736. The van der Waals surface area contributed by atoms with E-state index in [-0.39, 0.29) is 24.3 Å². The molecule has 3 aliphatic rings. The van der Waals surface area contributed by atoms with E-state index in [2.05, 4.69) is 4.90 Å². The van der Waals surface area contributed by atoms with Gasteiger partial charge in [0, 0.05) is 22.7 Å². The van der Waals surface area contributed by atoms with Gasteiger partial charge >= 0.3 is 0 Å². The molecule has 3 nitrogen and oxygen atoms in total. The van der Waals surface area contributed by atoms with Crippen molar-refractivity contribution < 1.29 is 9.53 Å². The maximum Gasteiger partial charge on any atom is 0.193 e. The van der Waals surface area contributed by atoms with Crippen LogP contribution in [0.5, 0.6) is 5.75 Å². The van der Waals surface area contributed by atoms with Gasteiger partial charge in [-0.1, -0.05) is 11.6 Å². The zero-order chi connectivity index (χ0) is 16.5. The van der Waals surface area contributed by atoms with Crippen LogP contribution in [0.25, 0.3) is 0 Å². The van der Waals surface area contributed by atoms with Crippen molar-refractivity contribution in [3.05, 3.63) is 64.7 Å². The Hall–Kier alpha value is -1.55. The van der Waals surface area contributed by atoms with Gasteiger partial charge in [-0.05, 0) is 80.4 Å². The molecule has 0 N–H and O–H groups in total. The largest absolute Gasteiger partial charge is 0.489 e. The summed E-state index contributed by atoms with van der Waals surface area (Å²) in [7, 11) is 0. The Morgan fingerprint density at radius 1 is 0.960 bits per heavy atom. The fourth-order valence-corrected chi connectivity index (χ4v) is 3.80. The molecule has 3 aliphatic heterocycles. The molecule has 3 saturated heterocycles. The van der Waals surface area contributed by atoms with Crippen molar-refractivity contribution in [1.82, 2.24) is 4.90 Å². The predicted molar refractivity (Wildman–Crippen MR) is 102 cm³/mol. The second-order valence-electron chi connectivity index (χ2n) is 6.65. The van der Waals surface area contributed by atoms with E-state index in [4.69, 9.17) is 16.3 Å². The number of carbonyl (C=O) groups is 1. The third kappa shape index (κ3) is 4.00. The number of halogens is 2. The molecular weight excluding hydrogens is 357 g/mol. The number of hydrogen-bond acceptors (Lipinski definition) is 3.